The molecule has 0 bridgehead atoms. The van der Waals surface area contributed by atoms with E-state index in [1.165, 1.54) is 15.5 Å². The van der Waals surface area contributed by atoms with Crippen LogP contribution in [-0.2, 0) is 36.1 Å². The van der Waals surface area contributed by atoms with Crippen molar-refractivity contribution in [1.29, 1.82) is 0 Å². The van der Waals surface area contributed by atoms with E-state index in [2.05, 4.69) is 25.7 Å². The van der Waals surface area contributed by atoms with Gasteiger partial charge in [0.05, 0.1) is 19.0 Å². The summed E-state index contributed by atoms with van der Waals surface area (Å²) >= 11 is 15.7. The number of fused-ring (bicyclic) bond motifs is 1. The molecule has 0 saturated carbocycles. The number of esters is 1. The van der Waals surface area contributed by atoms with E-state index < -0.39 is 27.3 Å². The molecule has 1 aliphatic rings. The summed E-state index contributed by atoms with van der Waals surface area (Å²) in [7, 11) is -3.05. The molecule has 8 nitrogen and oxygen atoms in total. The van der Waals surface area contributed by atoms with Gasteiger partial charge >= 0.3 is 5.97 Å². The third-order valence-electron chi connectivity index (χ3n) is 5.51. The number of methoxy groups -OCH3 is 1. The lowest BCUT2D eigenvalue weighted by Crippen LogP contribution is -2.41. The topological polar surface area (TPSA) is 98.6 Å². The zero-order valence-electron chi connectivity index (χ0n) is 18.4. The fourth-order valence-corrected chi connectivity index (χ4v) is 5.86. The van der Waals surface area contributed by atoms with Gasteiger partial charge in [-0.25, -0.2) is 23.1 Å². The molecule has 1 aromatic heterocycles. The largest absolute Gasteiger partial charge is 0.466 e. The Hall–Kier alpha value is -2.66. The second kappa shape index (κ2) is 9.42. The minimum Gasteiger partial charge on any atom is -0.466 e. The van der Waals surface area contributed by atoms with Crippen molar-refractivity contribution in [3.63, 3.8) is 0 Å². The Morgan fingerprint density at radius 2 is 1.80 bits per heavy atom. The molecule has 2 aromatic carbocycles. The van der Waals surface area contributed by atoms with Crippen molar-refractivity contribution in [3.05, 3.63) is 80.2 Å². The van der Waals surface area contributed by atoms with Crippen LogP contribution in [0.3, 0.4) is 0 Å². The van der Waals surface area contributed by atoms with Crippen molar-refractivity contribution in [2.24, 2.45) is 0 Å². The molecule has 182 valence electrons. The number of amides is 1. The molecule has 4 rings (SSSR count). The van der Waals surface area contributed by atoms with Gasteiger partial charge in [0.1, 0.15) is 5.54 Å². The predicted octanol–water partition coefficient (Wildman–Crippen LogP) is 5.05. The van der Waals surface area contributed by atoms with Crippen LogP contribution in [-0.4, -0.2) is 37.0 Å². The Morgan fingerprint density at radius 1 is 1.17 bits per heavy atom. The first kappa shape index (κ1) is 25.4. The summed E-state index contributed by atoms with van der Waals surface area (Å²) in [4.78, 5) is 31.0. The molecule has 0 saturated heterocycles. The van der Waals surface area contributed by atoms with Crippen molar-refractivity contribution in [2.45, 2.75) is 23.9 Å². The maximum atomic E-state index is 13.9. The zero-order chi connectivity index (χ0) is 25.5. The zero-order valence-corrected chi connectivity index (χ0v) is 22.3. The molecule has 0 fully saturated rings. The molecule has 1 amide bonds. The summed E-state index contributed by atoms with van der Waals surface area (Å²) in [6.45, 7) is 1.64. The quantitative estimate of drug-likeness (QED) is 0.291. The van der Waals surface area contributed by atoms with Crippen LogP contribution in [0.4, 0.5) is 11.6 Å². The number of ether oxygens (including phenoxy) is 1. The fourth-order valence-electron chi connectivity index (χ4n) is 3.92. The van der Waals surface area contributed by atoms with Crippen LogP contribution in [0.25, 0.3) is 0 Å². The highest BCUT2D eigenvalue weighted by Crippen LogP contribution is 2.44. The molecule has 0 aliphatic carbocycles. The number of rotatable bonds is 6. The van der Waals surface area contributed by atoms with Gasteiger partial charge in [0.25, 0.3) is 5.91 Å². The van der Waals surface area contributed by atoms with Crippen LogP contribution < -0.4 is 4.90 Å². The van der Waals surface area contributed by atoms with Crippen molar-refractivity contribution in [1.82, 2.24) is 9.55 Å². The number of sulfone groups is 1. The lowest BCUT2D eigenvalue weighted by molar-refractivity contribution is -0.134. The van der Waals surface area contributed by atoms with E-state index in [9.17, 15) is 18.0 Å². The van der Waals surface area contributed by atoms with Gasteiger partial charge in [-0.3, -0.25) is 9.36 Å². The molecule has 3 aromatic rings. The lowest BCUT2D eigenvalue weighted by atomic mass is 9.92. The number of nitrogens with zero attached hydrogens (tertiary/aromatic N) is 3. The minimum atomic E-state index is -4.18. The highest BCUT2D eigenvalue weighted by molar-refractivity contribution is 9.10. The van der Waals surface area contributed by atoms with E-state index in [-0.39, 0.29) is 17.4 Å². The number of hydrogen-bond donors (Lipinski definition) is 0. The van der Waals surface area contributed by atoms with Gasteiger partial charge in [0, 0.05) is 32.4 Å². The summed E-state index contributed by atoms with van der Waals surface area (Å²) < 4.78 is 33.1. The van der Waals surface area contributed by atoms with Gasteiger partial charge in [-0.05, 0) is 42.8 Å². The maximum absolute atomic E-state index is 13.9. The lowest BCUT2D eigenvalue weighted by Gasteiger charge is -2.26. The summed E-state index contributed by atoms with van der Waals surface area (Å²) in [6.07, 6.45) is 2.11. The van der Waals surface area contributed by atoms with Crippen LogP contribution in [0.2, 0.25) is 10.0 Å². The molecule has 2 heterocycles. The number of carbonyl (C=O) groups excluding carboxylic acids is 2. The number of hydrogen-bond acceptors (Lipinski definition) is 6. The summed E-state index contributed by atoms with van der Waals surface area (Å²) in [5.41, 5.74) is -0.244. The number of anilines is 2. The second-order valence-corrected chi connectivity index (χ2v) is 11.5. The number of halogens is 3. The number of aromatic nitrogens is 2. The van der Waals surface area contributed by atoms with Crippen LogP contribution in [0.15, 0.2) is 69.6 Å². The van der Waals surface area contributed by atoms with Crippen molar-refractivity contribution >= 4 is 72.5 Å². The Morgan fingerprint density at radius 3 is 2.40 bits per heavy atom. The normalized spacial score (nSPS) is 17.7. The van der Waals surface area contributed by atoms with Crippen LogP contribution >= 0.6 is 39.1 Å². The molecular weight excluding hydrogens is 581 g/mol. The number of benzene rings is 2. The first-order valence-corrected chi connectivity index (χ1v) is 13.2. The standard InChI is InChI=1S/C23H18BrCl2N3O5S/c1-23(12-14-3-5-15(24)6-4-14)21(31)28(18-10-16(25)9-17(26)11-18)22-27-13-19(29(22)23)35(32,33)8-7-20(30)34-2/h3-11,13H,12H2,1-2H3/b8-7+. The Bertz CT molecular complexity index is 1450. The summed E-state index contributed by atoms with van der Waals surface area (Å²) in [5, 5.41) is 1.07. The molecule has 0 radical (unpaired) electrons. The predicted molar refractivity (Wildman–Crippen MR) is 136 cm³/mol. The van der Waals surface area contributed by atoms with Gasteiger partial charge in [-0.2, -0.15) is 0 Å². The van der Waals surface area contributed by atoms with E-state index in [0.29, 0.717) is 15.7 Å². The van der Waals surface area contributed by atoms with Crippen LogP contribution in [0.1, 0.15) is 12.5 Å². The Labute approximate surface area is 220 Å². The van der Waals surface area contributed by atoms with Crippen molar-refractivity contribution in [2.75, 3.05) is 12.0 Å². The Kier molecular flexibility index (Phi) is 6.85. The average molecular weight is 599 g/mol. The second-order valence-electron chi connectivity index (χ2n) is 7.95. The van der Waals surface area contributed by atoms with Crippen molar-refractivity contribution < 1.29 is 22.7 Å². The summed E-state index contributed by atoms with van der Waals surface area (Å²) in [5.74, 6) is -1.17. The van der Waals surface area contributed by atoms with Crippen molar-refractivity contribution in [3.8, 4) is 0 Å². The SMILES string of the molecule is COC(=O)/C=C/S(=O)(=O)c1cnc2n1C(C)(Cc1ccc(Br)cc1)C(=O)N2c1cc(Cl)cc(Cl)c1. The van der Waals surface area contributed by atoms with Gasteiger partial charge in [0.2, 0.25) is 15.8 Å². The first-order valence-electron chi connectivity index (χ1n) is 10.1. The third kappa shape index (κ3) is 4.75. The third-order valence-corrected chi connectivity index (χ3v) is 7.84. The molecular formula is C23H18BrCl2N3O5S. The minimum absolute atomic E-state index is 0.0815. The van der Waals surface area contributed by atoms with Crippen LogP contribution in [0.5, 0.6) is 0 Å². The fraction of sp³-hybridized carbons (Fsp3) is 0.174. The molecule has 12 heteroatoms. The highest BCUT2D eigenvalue weighted by atomic mass is 79.9. The monoisotopic (exact) mass is 597 g/mol. The number of carbonyl (C=O) groups is 2. The molecule has 0 spiro atoms. The molecule has 1 aliphatic heterocycles. The maximum Gasteiger partial charge on any atom is 0.331 e. The van der Waals surface area contributed by atoms with E-state index in [4.69, 9.17) is 23.2 Å². The Balaban J connectivity index is 1.91. The molecule has 0 N–H and O–H groups in total. The van der Waals surface area contributed by atoms with E-state index in [0.717, 1.165) is 34.8 Å². The van der Waals surface area contributed by atoms with Gasteiger partial charge in [0.15, 0.2) is 5.03 Å². The van der Waals surface area contributed by atoms with Crippen LogP contribution in [0, 0.1) is 0 Å². The molecule has 1 atom stereocenters. The smallest absolute Gasteiger partial charge is 0.331 e. The molecule has 35 heavy (non-hydrogen) atoms. The average Bonchev–Trinajstić information content (AvgIpc) is 3.32. The summed E-state index contributed by atoms with van der Waals surface area (Å²) in [6, 6.07) is 11.9. The van der Waals surface area contributed by atoms with E-state index in [1.807, 2.05) is 24.3 Å². The van der Waals surface area contributed by atoms with Gasteiger partial charge in [-0.1, -0.05) is 51.3 Å². The molecule has 1 unspecified atom stereocenters. The first-order chi connectivity index (χ1) is 16.5. The van der Waals surface area contributed by atoms with E-state index in [1.54, 1.807) is 19.1 Å². The number of imidazole rings is 1. The van der Waals surface area contributed by atoms with Gasteiger partial charge in [-0.15, -0.1) is 0 Å². The highest BCUT2D eigenvalue weighted by Gasteiger charge is 2.51. The van der Waals surface area contributed by atoms with Gasteiger partial charge < -0.3 is 4.74 Å². The van der Waals surface area contributed by atoms with E-state index >= 15 is 0 Å².